The van der Waals surface area contributed by atoms with Gasteiger partial charge in [0.25, 0.3) is 0 Å². The highest BCUT2D eigenvalue weighted by atomic mass is 35.5. The number of sulfonamides is 1. The third-order valence-corrected chi connectivity index (χ3v) is 5.04. The Bertz CT molecular complexity index is 779. The summed E-state index contributed by atoms with van der Waals surface area (Å²) < 4.78 is 26.3. The van der Waals surface area contributed by atoms with Crippen LogP contribution in [0.25, 0.3) is 0 Å². The lowest BCUT2D eigenvalue weighted by Gasteiger charge is -2.09. The van der Waals surface area contributed by atoms with Crippen LogP contribution in [-0.4, -0.2) is 26.6 Å². The molecule has 0 aliphatic heterocycles. The van der Waals surface area contributed by atoms with Crippen molar-refractivity contribution in [1.29, 1.82) is 0 Å². The van der Waals surface area contributed by atoms with E-state index >= 15 is 0 Å². The summed E-state index contributed by atoms with van der Waals surface area (Å²) in [5.74, 6) is -0.435. The summed E-state index contributed by atoms with van der Waals surface area (Å²) in [5.41, 5.74) is 1.59. The van der Waals surface area contributed by atoms with Crippen molar-refractivity contribution in [2.45, 2.75) is 13.0 Å². The molecule has 0 unspecified atom stereocenters. The minimum atomic E-state index is -3.45. The molecule has 2 N–H and O–H groups in total. The Kier molecular flexibility index (Phi) is 6.78. The second-order valence-electron chi connectivity index (χ2n) is 5.24. The molecule has 1 amide bonds. The van der Waals surface area contributed by atoms with E-state index < -0.39 is 10.0 Å². The van der Waals surface area contributed by atoms with Crippen molar-refractivity contribution in [2.75, 3.05) is 12.3 Å². The molecule has 0 radical (unpaired) electrons. The van der Waals surface area contributed by atoms with Crippen molar-refractivity contribution < 1.29 is 13.2 Å². The van der Waals surface area contributed by atoms with E-state index in [4.69, 9.17) is 11.6 Å². The maximum atomic E-state index is 11.9. The predicted octanol–water partition coefficient (Wildman–Crippen LogP) is 2.12. The molecule has 2 rings (SSSR count). The van der Waals surface area contributed by atoms with Gasteiger partial charge < -0.3 is 5.32 Å². The fourth-order valence-corrected chi connectivity index (χ4v) is 3.17. The van der Waals surface area contributed by atoms with E-state index in [0.717, 1.165) is 5.56 Å². The molecule has 0 fully saturated rings. The molecular weight excluding hydrogens is 348 g/mol. The van der Waals surface area contributed by atoms with Gasteiger partial charge in [0.15, 0.2) is 0 Å². The number of nitrogens with one attached hydrogen (secondary N) is 2. The number of halogens is 1. The summed E-state index contributed by atoms with van der Waals surface area (Å²) in [4.78, 5) is 11.8. The van der Waals surface area contributed by atoms with Crippen molar-refractivity contribution in [3.05, 3.63) is 70.7 Å². The minimum absolute atomic E-state index is 0.0490. The van der Waals surface area contributed by atoms with Gasteiger partial charge in [0.2, 0.25) is 15.9 Å². The number of amides is 1. The molecule has 0 aliphatic rings. The third-order valence-electron chi connectivity index (χ3n) is 3.34. The lowest BCUT2D eigenvalue weighted by Crippen LogP contribution is -2.34. The lowest BCUT2D eigenvalue weighted by atomic mass is 10.1. The number of hydrogen-bond donors (Lipinski definition) is 2. The van der Waals surface area contributed by atoms with Crippen LogP contribution < -0.4 is 10.0 Å². The van der Waals surface area contributed by atoms with Gasteiger partial charge >= 0.3 is 0 Å². The van der Waals surface area contributed by atoms with Crippen molar-refractivity contribution >= 4 is 27.5 Å². The molecule has 7 heteroatoms. The normalized spacial score (nSPS) is 11.2. The summed E-state index contributed by atoms with van der Waals surface area (Å²) in [6, 6.07) is 16.3. The van der Waals surface area contributed by atoms with Gasteiger partial charge in [-0.2, -0.15) is 0 Å². The molecule has 0 aromatic heterocycles. The number of carbonyl (C=O) groups is 1. The smallest absolute Gasteiger partial charge is 0.224 e. The summed E-state index contributed by atoms with van der Waals surface area (Å²) >= 11 is 5.99. The molecule has 0 heterocycles. The Hall–Kier alpha value is -1.89. The zero-order chi connectivity index (χ0) is 17.4. The largest absolute Gasteiger partial charge is 0.355 e. The molecule has 128 valence electrons. The summed E-state index contributed by atoms with van der Waals surface area (Å²) in [5, 5.41) is 3.11. The molecule has 24 heavy (non-hydrogen) atoms. The second kappa shape index (κ2) is 8.82. The van der Waals surface area contributed by atoms with Gasteiger partial charge in [-0.3, -0.25) is 4.79 Å². The fraction of sp³-hybridized carbons (Fsp3) is 0.235. The highest BCUT2D eigenvalue weighted by Crippen LogP contribution is 2.15. The van der Waals surface area contributed by atoms with Crippen molar-refractivity contribution in [3.63, 3.8) is 0 Å². The van der Waals surface area contributed by atoms with Gasteiger partial charge in [-0.15, -0.1) is 0 Å². The Labute approximate surface area is 147 Å². The summed E-state index contributed by atoms with van der Waals surface area (Å²) in [7, 11) is -3.45. The van der Waals surface area contributed by atoms with Crippen LogP contribution in [0.1, 0.15) is 11.1 Å². The van der Waals surface area contributed by atoms with Crippen LogP contribution in [0.5, 0.6) is 0 Å². The maximum Gasteiger partial charge on any atom is 0.224 e. The standard InChI is InChI=1S/C17H19ClN2O3S/c18-16-9-5-4-8-15(16)12-17(21)19-10-11-24(22,23)20-13-14-6-2-1-3-7-14/h1-9,20H,10-13H2,(H,19,21). The first kappa shape index (κ1) is 18.4. The molecular formula is C17H19ClN2O3S. The van der Waals surface area contributed by atoms with Gasteiger partial charge in [-0.1, -0.05) is 60.1 Å². The van der Waals surface area contributed by atoms with E-state index in [9.17, 15) is 13.2 Å². The molecule has 0 bridgehead atoms. The number of carbonyl (C=O) groups excluding carboxylic acids is 1. The monoisotopic (exact) mass is 366 g/mol. The Morgan fingerprint density at radius 2 is 1.67 bits per heavy atom. The van der Waals surface area contributed by atoms with Crippen LogP contribution >= 0.6 is 11.6 Å². The number of benzene rings is 2. The second-order valence-corrected chi connectivity index (χ2v) is 7.58. The number of hydrogen-bond acceptors (Lipinski definition) is 3. The van der Waals surface area contributed by atoms with Crippen LogP contribution in [0.4, 0.5) is 0 Å². The molecule has 0 atom stereocenters. The summed E-state index contributed by atoms with van der Waals surface area (Å²) in [6.45, 7) is 0.282. The lowest BCUT2D eigenvalue weighted by molar-refractivity contribution is -0.120. The Balaban J connectivity index is 1.74. The third kappa shape index (κ3) is 6.31. The highest BCUT2D eigenvalue weighted by Gasteiger charge is 2.11. The predicted molar refractivity (Wildman–Crippen MR) is 95.2 cm³/mol. The van der Waals surface area contributed by atoms with Gasteiger partial charge in [0.05, 0.1) is 12.2 Å². The fourth-order valence-electron chi connectivity index (χ4n) is 2.06. The van der Waals surface area contributed by atoms with Gasteiger partial charge in [-0.05, 0) is 17.2 Å². The molecule has 0 saturated carbocycles. The van der Waals surface area contributed by atoms with E-state index in [0.29, 0.717) is 10.6 Å². The van der Waals surface area contributed by atoms with Crippen LogP contribution in [0.2, 0.25) is 5.02 Å². The highest BCUT2D eigenvalue weighted by molar-refractivity contribution is 7.89. The Morgan fingerprint density at radius 1 is 1.00 bits per heavy atom. The van der Waals surface area contributed by atoms with Crippen LogP contribution in [-0.2, 0) is 27.8 Å². The SMILES string of the molecule is O=C(Cc1ccccc1Cl)NCCS(=O)(=O)NCc1ccccc1. The van der Waals surface area contributed by atoms with E-state index in [2.05, 4.69) is 10.0 Å². The zero-order valence-electron chi connectivity index (χ0n) is 13.0. The quantitative estimate of drug-likeness (QED) is 0.751. The van der Waals surface area contributed by atoms with E-state index in [1.807, 2.05) is 30.3 Å². The molecule has 2 aromatic carbocycles. The molecule has 2 aromatic rings. The average Bonchev–Trinajstić information content (AvgIpc) is 2.56. The minimum Gasteiger partial charge on any atom is -0.355 e. The van der Waals surface area contributed by atoms with Crippen LogP contribution in [0, 0.1) is 0 Å². The van der Waals surface area contributed by atoms with E-state index in [-0.39, 0.29) is 31.2 Å². The van der Waals surface area contributed by atoms with Crippen molar-refractivity contribution in [2.24, 2.45) is 0 Å². The topological polar surface area (TPSA) is 75.3 Å². The molecule has 0 aliphatic carbocycles. The van der Waals surface area contributed by atoms with Gasteiger partial charge in [-0.25, -0.2) is 13.1 Å². The van der Waals surface area contributed by atoms with Crippen molar-refractivity contribution in [1.82, 2.24) is 10.0 Å². The Morgan fingerprint density at radius 3 is 2.38 bits per heavy atom. The first-order valence-corrected chi connectivity index (χ1v) is 9.51. The van der Waals surface area contributed by atoms with Crippen LogP contribution in [0.3, 0.4) is 0 Å². The maximum absolute atomic E-state index is 11.9. The van der Waals surface area contributed by atoms with E-state index in [1.54, 1.807) is 24.3 Å². The van der Waals surface area contributed by atoms with Gasteiger partial charge in [0, 0.05) is 18.1 Å². The zero-order valence-corrected chi connectivity index (χ0v) is 14.6. The number of rotatable bonds is 8. The summed E-state index contributed by atoms with van der Waals surface area (Å²) in [6.07, 6.45) is 0.122. The molecule has 5 nitrogen and oxygen atoms in total. The van der Waals surface area contributed by atoms with E-state index in [1.165, 1.54) is 0 Å². The molecule has 0 saturated heterocycles. The van der Waals surface area contributed by atoms with Gasteiger partial charge in [0.1, 0.15) is 0 Å². The molecule has 0 spiro atoms. The first-order valence-electron chi connectivity index (χ1n) is 7.48. The van der Waals surface area contributed by atoms with Crippen LogP contribution in [0.15, 0.2) is 54.6 Å². The first-order chi connectivity index (χ1) is 11.5. The average molecular weight is 367 g/mol. The van der Waals surface area contributed by atoms with Crippen molar-refractivity contribution in [3.8, 4) is 0 Å².